The van der Waals surface area contributed by atoms with E-state index in [9.17, 15) is 14.7 Å². The van der Waals surface area contributed by atoms with Crippen LogP contribution in [0.1, 0.15) is 20.7 Å². The molecule has 0 bridgehead atoms. The topological polar surface area (TPSA) is 93.1 Å². The number of carboxylic acids is 1. The van der Waals surface area contributed by atoms with Gasteiger partial charge in [-0.3, -0.25) is 0 Å². The molecule has 0 amide bonds. The number of aromatic carboxylic acids is 1. The summed E-state index contributed by atoms with van der Waals surface area (Å²) >= 11 is 8.16. The van der Waals surface area contributed by atoms with Crippen LogP contribution < -0.4 is 4.74 Å². The van der Waals surface area contributed by atoms with E-state index in [0.29, 0.717) is 14.9 Å². The summed E-state index contributed by atoms with van der Waals surface area (Å²) in [5.74, 6) is -1.08. The molecule has 2 rings (SSSR count). The molecule has 6 nitrogen and oxygen atoms in total. The smallest absolute Gasteiger partial charge is 0.341 e. The predicted octanol–water partition coefficient (Wildman–Crippen LogP) is 4.99. The zero-order valence-electron chi connectivity index (χ0n) is 13.3. The fourth-order valence-electron chi connectivity index (χ4n) is 1.76. The van der Waals surface area contributed by atoms with Crippen molar-refractivity contribution < 1.29 is 29.3 Å². The van der Waals surface area contributed by atoms with Crippen molar-refractivity contribution in [2.24, 2.45) is 0 Å². The van der Waals surface area contributed by atoms with Crippen LogP contribution >= 0.6 is 90.4 Å². The molecule has 2 N–H and O–H groups in total. The molecule has 2 aromatic rings. The molecule has 0 spiro atoms. The zero-order chi connectivity index (χ0) is 20.0. The summed E-state index contributed by atoms with van der Waals surface area (Å²) in [6.45, 7) is 0. The first kappa shape index (κ1) is 23.9. The minimum absolute atomic E-state index is 0.0497. The highest BCUT2D eigenvalue weighted by molar-refractivity contribution is 14.1. The van der Waals surface area contributed by atoms with Crippen molar-refractivity contribution in [3.05, 3.63) is 49.7 Å². The second kappa shape index (κ2) is 11.0. The van der Waals surface area contributed by atoms with E-state index in [1.165, 1.54) is 20.3 Å². The van der Waals surface area contributed by atoms with Gasteiger partial charge in [0.05, 0.1) is 21.4 Å². The van der Waals surface area contributed by atoms with Gasteiger partial charge in [-0.15, -0.1) is 0 Å². The quantitative estimate of drug-likeness (QED) is 0.336. The fraction of sp³-hybridized carbons (Fsp3) is 0.125. The van der Waals surface area contributed by atoms with Crippen LogP contribution in [0.2, 0.25) is 0 Å². The number of halogens is 4. The molecule has 0 fully saturated rings. The van der Waals surface area contributed by atoms with Crippen molar-refractivity contribution in [3.63, 3.8) is 0 Å². The Labute approximate surface area is 204 Å². The van der Waals surface area contributed by atoms with Crippen molar-refractivity contribution in [3.8, 4) is 11.5 Å². The van der Waals surface area contributed by atoms with Crippen molar-refractivity contribution in [2.45, 2.75) is 0 Å². The summed E-state index contributed by atoms with van der Waals surface area (Å²) in [7, 11) is 2.89. The third-order valence-electron chi connectivity index (χ3n) is 2.88. The number of rotatable bonds is 3. The maximum Gasteiger partial charge on any atom is 0.341 e. The molecule has 0 radical (unpaired) electrons. The largest absolute Gasteiger partial charge is 0.506 e. The van der Waals surface area contributed by atoms with E-state index in [0.717, 1.165) is 10.7 Å². The van der Waals surface area contributed by atoms with Gasteiger partial charge < -0.3 is 19.7 Å². The van der Waals surface area contributed by atoms with Gasteiger partial charge in [-0.25, -0.2) is 9.59 Å². The number of carbonyl (C=O) groups excluding carboxylic acids is 1. The molecule has 26 heavy (non-hydrogen) atoms. The van der Waals surface area contributed by atoms with Gasteiger partial charge in [0.1, 0.15) is 22.6 Å². The molecule has 10 heteroatoms. The second-order valence-electron chi connectivity index (χ2n) is 4.55. The SMILES string of the molecule is COC(=O)c1cc(I)cc(I)c1OC.O=C(O)c1cc(I)cc(I)c1O. The molecule has 0 aliphatic carbocycles. The molecule has 0 saturated carbocycles. The highest BCUT2D eigenvalue weighted by Crippen LogP contribution is 2.28. The van der Waals surface area contributed by atoms with Crippen LogP contribution in [0, 0.1) is 14.3 Å². The first-order valence-electron chi connectivity index (χ1n) is 6.65. The van der Waals surface area contributed by atoms with Crippen molar-refractivity contribution in [1.82, 2.24) is 0 Å². The lowest BCUT2D eigenvalue weighted by Gasteiger charge is -2.09. The maximum atomic E-state index is 11.4. The third kappa shape index (κ3) is 6.50. The van der Waals surface area contributed by atoms with Gasteiger partial charge in [-0.2, -0.15) is 0 Å². The van der Waals surface area contributed by atoms with Crippen LogP contribution in [0.4, 0.5) is 0 Å². The Morgan fingerprint density at radius 2 is 1.38 bits per heavy atom. The Balaban J connectivity index is 0.000000263. The normalized spacial score (nSPS) is 9.77. The molecule has 0 aliphatic heterocycles. The minimum Gasteiger partial charge on any atom is -0.506 e. The van der Waals surface area contributed by atoms with E-state index in [-0.39, 0.29) is 17.3 Å². The summed E-state index contributed by atoms with van der Waals surface area (Å²) in [5, 5.41) is 17.9. The lowest BCUT2D eigenvalue weighted by molar-refractivity contribution is 0.0595. The van der Waals surface area contributed by atoms with Gasteiger partial charge in [0, 0.05) is 7.14 Å². The van der Waals surface area contributed by atoms with Gasteiger partial charge >= 0.3 is 11.9 Å². The first-order chi connectivity index (χ1) is 12.1. The van der Waals surface area contributed by atoms with E-state index < -0.39 is 5.97 Å². The number of esters is 1. The number of phenols is 1. The predicted molar refractivity (Wildman–Crippen MR) is 130 cm³/mol. The Morgan fingerprint density at radius 3 is 1.85 bits per heavy atom. The van der Waals surface area contributed by atoms with Crippen LogP contribution in [-0.2, 0) is 4.74 Å². The molecule has 0 heterocycles. The summed E-state index contributed by atoms with van der Waals surface area (Å²) in [5.41, 5.74) is 0.414. The van der Waals surface area contributed by atoms with Crippen molar-refractivity contribution in [2.75, 3.05) is 14.2 Å². The molecular formula is C16H12I4O6. The maximum absolute atomic E-state index is 11.4. The summed E-state index contributed by atoms with van der Waals surface area (Å²) in [4.78, 5) is 21.9. The van der Waals surface area contributed by atoms with Crippen LogP contribution in [-0.4, -0.2) is 36.4 Å². The van der Waals surface area contributed by atoms with Crippen LogP contribution in [0.3, 0.4) is 0 Å². The van der Waals surface area contributed by atoms with Crippen molar-refractivity contribution >= 4 is 102 Å². The molecule has 0 saturated heterocycles. The number of hydrogen-bond acceptors (Lipinski definition) is 5. The lowest BCUT2D eigenvalue weighted by atomic mass is 10.2. The van der Waals surface area contributed by atoms with Gasteiger partial charge in [0.15, 0.2) is 0 Å². The number of carbonyl (C=O) groups is 2. The Morgan fingerprint density at radius 1 is 0.885 bits per heavy atom. The summed E-state index contributed by atoms with van der Waals surface area (Å²) < 4.78 is 13.0. The van der Waals surface area contributed by atoms with E-state index in [1.54, 1.807) is 12.1 Å². The molecule has 140 valence electrons. The van der Waals surface area contributed by atoms with Gasteiger partial charge in [-0.05, 0) is 115 Å². The molecule has 2 aromatic carbocycles. The molecule has 0 aliphatic rings. The van der Waals surface area contributed by atoms with E-state index in [4.69, 9.17) is 9.84 Å². The van der Waals surface area contributed by atoms with E-state index in [1.807, 2.05) is 51.2 Å². The fourth-order valence-corrected chi connectivity index (χ4v) is 5.67. The number of methoxy groups -OCH3 is 2. The molecule has 0 aromatic heterocycles. The van der Waals surface area contributed by atoms with Gasteiger partial charge in [-0.1, -0.05) is 0 Å². The first-order valence-corrected chi connectivity index (χ1v) is 11.0. The number of aromatic hydroxyl groups is 1. The minimum atomic E-state index is -1.11. The van der Waals surface area contributed by atoms with Gasteiger partial charge in [0.2, 0.25) is 0 Å². The van der Waals surface area contributed by atoms with Gasteiger partial charge in [0.25, 0.3) is 0 Å². The number of hydrogen-bond donors (Lipinski definition) is 2. The molecular weight excluding hydrogens is 796 g/mol. The van der Waals surface area contributed by atoms with Crippen molar-refractivity contribution in [1.29, 1.82) is 0 Å². The second-order valence-corrected chi connectivity index (χ2v) is 9.36. The Hall–Kier alpha value is -0.100. The number of carboxylic acid groups (broad SMARTS) is 1. The Kier molecular flexibility index (Phi) is 10.2. The highest BCUT2D eigenvalue weighted by Gasteiger charge is 2.16. The number of ether oxygens (including phenoxy) is 2. The average Bonchev–Trinajstić information content (AvgIpc) is 2.57. The summed E-state index contributed by atoms with van der Waals surface area (Å²) in [6, 6.07) is 6.82. The Bertz CT molecular complexity index is 838. The van der Waals surface area contributed by atoms with E-state index in [2.05, 4.69) is 49.9 Å². The molecule has 0 unspecified atom stereocenters. The number of benzene rings is 2. The van der Waals surface area contributed by atoms with Crippen LogP contribution in [0.25, 0.3) is 0 Å². The monoisotopic (exact) mass is 808 g/mol. The highest BCUT2D eigenvalue weighted by atomic mass is 127. The molecule has 0 atom stereocenters. The van der Waals surface area contributed by atoms with Crippen LogP contribution in [0.15, 0.2) is 24.3 Å². The zero-order valence-corrected chi connectivity index (χ0v) is 22.0. The standard InChI is InChI=1S/C9H8I2O3.C7H4I2O3/c1-13-8-6(9(12)14-2)3-5(10)4-7(8)11;8-3-1-4(7(11)12)6(10)5(9)2-3/h3-4H,1-2H3;1-2,10H,(H,11,12). The van der Waals surface area contributed by atoms with Crippen LogP contribution in [0.5, 0.6) is 11.5 Å². The summed E-state index contributed by atoms with van der Waals surface area (Å²) in [6.07, 6.45) is 0. The average molecular weight is 808 g/mol. The lowest BCUT2D eigenvalue weighted by Crippen LogP contribution is -2.05. The van der Waals surface area contributed by atoms with E-state index >= 15 is 0 Å². The third-order valence-corrected chi connectivity index (χ3v) is 5.75.